The third-order valence-corrected chi connectivity index (χ3v) is 5.75. The van der Waals surface area contributed by atoms with Gasteiger partial charge in [0.05, 0.1) is 5.52 Å². The number of fused-ring (bicyclic) bond motifs is 2. The van der Waals surface area contributed by atoms with Gasteiger partial charge in [-0.05, 0) is 88.2 Å². The minimum absolute atomic E-state index is 0.766. The molecule has 1 saturated carbocycles. The van der Waals surface area contributed by atoms with Crippen molar-refractivity contribution in [3.8, 4) is 0 Å². The van der Waals surface area contributed by atoms with Crippen LogP contribution in [0, 0.1) is 5.92 Å². The van der Waals surface area contributed by atoms with Crippen molar-refractivity contribution in [1.82, 2.24) is 9.88 Å². The molecular formula is C21H28ClN3. The van der Waals surface area contributed by atoms with E-state index in [1.165, 1.54) is 67.5 Å². The average Bonchev–Trinajstić information content (AvgIpc) is 3.27. The molecule has 1 heterocycles. The molecule has 0 radical (unpaired) electrons. The van der Waals surface area contributed by atoms with Crippen LogP contribution in [-0.2, 0) is 12.8 Å². The summed E-state index contributed by atoms with van der Waals surface area (Å²) in [6, 6.07) is 6.09. The number of rotatable bonds is 8. The van der Waals surface area contributed by atoms with Crippen LogP contribution in [0.2, 0.25) is 5.02 Å². The first-order valence-corrected chi connectivity index (χ1v) is 10.1. The molecule has 0 amide bonds. The second-order valence-electron chi connectivity index (χ2n) is 7.77. The zero-order valence-electron chi connectivity index (χ0n) is 15.2. The van der Waals surface area contributed by atoms with Gasteiger partial charge in [-0.15, -0.1) is 0 Å². The molecule has 4 rings (SSSR count). The van der Waals surface area contributed by atoms with E-state index < -0.39 is 0 Å². The van der Waals surface area contributed by atoms with Gasteiger partial charge in [-0.1, -0.05) is 11.6 Å². The highest BCUT2D eigenvalue weighted by Crippen LogP contribution is 2.35. The Morgan fingerprint density at radius 1 is 1.24 bits per heavy atom. The molecule has 4 heteroatoms. The highest BCUT2D eigenvalue weighted by atomic mass is 35.5. The van der Waals surface area contributed by atoms with Crippen LogP contribution < -0.4 is 5.32 Å². The predicted octanol–water partition coefficient (Wildman–Crippen LogP) is 4.91. The molecule has 0 saturated heterocycles. The Kier molecular flexibility index (Phi) is 5.14. The van der Waals surface area contributed by atoms with Crippen molar-refractivity contribution in [2.45, 2.75) is 44.9 Å². The molecule has 1 fully saturated rings. The van der Waals surface area contributed by atoms with E-state index in [0.29, 0.717) is 0 Å². The second kappa shape index (κ2) is 7.51. The molecule has 3 nitrogen and oxygen atoms in total. The van der Waals surface area contributed by atoms with Gasteiger partial charge in [0.1, 0.15) is 0 Å². The fourth-order valence-electron chi connectivity index (χ4n) is 3.99. The number of hydrogen-bond acceptors (Lipinski definition) is 3. The fourth-order valence-corrected chi connectivity index (χ4v) is 4.16. The molecule has 134 valence electrons. The van der Waals surface area contributed by atoms with Crippen LogP contribution in [0.15, 0.2) is 18.2 Å². The summed E-state index contributed by atoms with van der Waals surface area (Å²) in [5, 5.41) is 5.72. The fraction of sp³-hybridized carbons (Fsp3) is 0.571. The van der Waals surface area contributed by atoms with Crippen molar-refractivity contribution in [3.05, 3.63) is 34.5 Å². The maximum Gasteiger partial charge on any atom is 0.0741 e. The molecule has 0 unspecified atom stereocenters. The van der Waals surface area contributed by atoms with Gasteiger partial charge < -0.3 is 10.2 Å². The van der Waals surface area contributed by atoms with Crippen LogP contribution in [-0.4, -0.2) is 36.6 Å². The molecule has 0 aliphatic heterocycles. The Balaban J connectivity index is 1.38. The zero-order valence-corrected chi connectivity index (χ0v) is 15.9. The summed E-state index contributed by atoms with van der Waals surface area (Å²) in [7, 11) is 2.26. The maximum absolute atomic E-state index is 6.17. The molecule has 0 atom stereocenters. The van der Waals surface area contributed by atoms with E-state index in [1.807, 2.05) is 12.1 Å². The Bertz CT molecular complexity index is 754. The Hall–Kier alpha value is -1.32. The van der Waals surface area contributed by atoms with E-state index >= 15 is 0 Å². The molecule has 2 aliphatic rings. The number of nitrogens with one attached hydrogen (secondary N) is 1. The Morgan fingerprint density at radius 3 is 2.96 bits per heavy atom. The van der Waals surface area contributed by atoms with Gasteiger partial charge in [0.15, 0.2) is 0 Å². The van der Waals surface area contributed by atoms with E-state index in [1.54, 1.807) is 0 Å². The van der Waals surface area contributed by atoms with E-state index in [2.05, 4.69) is 23.3 Å². The summed E-state index contributed by atoms with van der Waals surface area (Å²) >= 11 is 6.17. The number of aromatic nitrogens is 1. The molecular weight excluding hydrogens is 330 g/mol. The number of halogens is 1. The van der Waals surface area contributed by atoms with E-state index in [9.17, 15) is 0 Å². The largest absolute Gasteiger partial charge is 0.384 e. The third-order valence-electron chi connectivity index (χ3n) is 5.51. The van der Waals surface area contributed by atoms with E-state index in [0.717, 1.165) is 35.8 Å². The normalized spacial score (nSPS) is 16.6. The van der Waals surface area contributed by atoms with Gasteiger partial charge in [0, 0.05) is 34.9 Å². The molecule has 1 aromatic carbocycles. The van der Waals surface area contributed by atoms with Crippen molar-refractivity contribution in [3.63, 3.8) is 0 Å². The minimum Gasteiger partial charge on any atom is -0.384 e. The first-order chi connectivity index (χ1) is 12.2. The number of anilines is 1. The number of aryl methyl sites for hydroxylation is 1. The zero-order chi connectivity index (χ0) is 17.2. The molecule has 2 aromatic rings. The Labute approximate surface area is 155 Å². The van der Waals surface area contributed by atoms with Gasteiger partial charge in [-0.25, -0.2) is 0 Å². The topological polar surface area (TPSA) is 28.2 Å². The van der Waals surface area contributed by atoms with Crippen LogP contribution in [0.25, 0.3) is 10.9 Å². The van der Waals surface area contributed by atoms with Gasteiger partial charge in [-0.3, -0.25) is 4.98 Å². The van der Waals surface area contributed by atoms with Crippen LogP contribution in [0.3, 0.4) is 0 Å². The van der Waals surface area contributed by atoms with E-state index in [4.69, 9.17) is 16.6 Å². The van der Waals surface area contributed by atoms with Crippen LogP contribution >= 0.6 is 11.6 Å². The van der Waals surface area contributed by atoms with Crippen molar-refractivity contribution in [1.29, 1.82) is 0 Å². The van der Waals surface area contributed by atoms with Crippen LogP contribution in [0.4, 0.5) is 5.69 Å². The summed E-state index contributed by atoms with van der Waals surface area (Å²) in [6.45, 7) is 3.53. The lowest BCUT2D eigenvalue weighted by molar-refractivity contribution is 0.314. The van der Waals surface area contributed by atoms with E-state index in [-0.39, 0.29) is 0 Å². The lowest BCUT2D eigenvalue weighted by Crippen LogP contribution is -2.22. The first kappa shape index (κ1) is 17.1. The van der Waals surface area contributed by atoms with Crippen LogP contribution in [0.1, 0.15) is 43.4 Å². The lowest BCUT2D eigenvalue weighted by Gasteiger charge is -2.17. The molecule has 0 bridgehead atoms. The van der Waals surface area contributed by atoms with Gasteiger partial charge in [0.25, 0.3) is 0 Å². The third kappa shape index (κ3) is 4.09. The smallest absolute Gasteiger partial charge is 0.0741 e. The molecule has 2 aliphatic carbocycles. The number of pyridine rings is 1. The number of hydrogen-bond donors (Lipinski definition) is 1. The monoisotopic (exact) mass is 357 g/mol. The second-order valence-corrected chi connectivity index (χ2v) is 8.20. The predicted molar refractivity (Wildman–Crippen MR) is 107 cm³/mol. The summed E-state index contributed by atoms with van der Waals surface area (Å²) in [5.74, 6) is 0.987. The van der Waals surface area contributed by atoms with Crippen molar-refractivity contribution < 1.29 is 0 Å². The Morgan fingerprint density at radius 2 is 2.12 bits per heavy atom. The molecule has 1 N–H and O–H groups in total. The highest BCUT2D eigenvalue weighted by molar-refractivity contribution is 6.31. The average molecular weight is 358 g/mol. The van der Waals surface area contributed by atoms with Gasteiger partial charge >= 0.3 is 0 Å². The first-order valence-electron chi connectivity index (χ1n) is 9.74. The quantitative estimate of drug-likeness (QED) is 0.680. The number of nitrogens with zero attached hydrogens (tertiary/aromatic N) is 2. The van der Waals surface area contributed by atoms with Gasteiger partial charge in [0.2, 0.25) is 0 Å². The van der Waals surface area contributed by atoms with Crippen molar-refractivity contribution in [2.24, 2.45) is 5.92 Å². The summed E-state index contributed by atoms with van der Waals surface area (Å²) in [4.78, 5) is 7.35. The summed E-state index contributed by atoms with van der Waals surface area (Å²) in [6.07, 6.45) is 8.81. The standard InChI is InChI=1S/C21H28ClN3/c1-25(14-15-7-8-15)12-3-2-11-23-21-17-5-4-6-19(17)24-20-13-16(22)9-10-18(20)21/h9-10,13,15H,2-8,11-12,14H2,1H3,(H,23,24). The number of benzene rings is 1. The summed E-state index contributed by atoms with van der Waals surface area (Å²) < 4.78 is 0. The summed E-state index contributed by atoms with van der Waals surface area (Å²) in [5.41, 5.74) is 5.03. The minimum atomic E-state index is 0.766. The number of unbranched alkanes of at least 4 members (excludes halogenated alkanes) is 1. The van der Waals surface area contributed by atoms with Crippen LogP contribution in [0.5, 0.6) is 0 Å². The molecule has 1 aromatic heterocycles. The van der Waals surface area contributed by atoms with Crippen molar-refractivity contribution >= 4 is 28.2 Å². The SMILES string of the molecule is CN(CCCCNc1c2c(nc3cc(Cl)ccc13)CCC2)CC1CC1. The molecule has 25 heavy (non-hydrogen) atoms. The molecule has 0 spiro atoms. The maximum atomic E-state index is 6.17. The van der Waals surface area contributed by atoms with Crippen molar-refractivity contribution in [2.75, 3.05) is 32.0 Å². The highest BCUT2D eigenvalue weighted by Gasteiger charge is 2.22. The lowest BCUT2D eigenvalue weighted by atomic mass is 10.1. The van der Waals surface area contributed by atoms with Gasteiger partial charge in [-0.2, -0.15) is 0 Å².